The molecule has 1 fully saturated rings. The fourth-order valence-corrected chi connectivity index (χ4v) is 4.55. The van der Waals surface area contributed by atoms with Crippen molar-refractivity contribution in [2.45, 2.75) is 18.8 Å². The van der Waals surface area contributed by atoms with Gasteiger partial charge in [0.15, 0.2) is 0 Å². The number of nitrogens with zero attached hydrogens (tertiary/aromatic N) is 3. The number of anilines is 1. The third-order valence-corrected chi connectivity index (χ3v) is 6.10. The number of hydrogen-bond acceptors (Lipinski definition) is 5. The zero-order chi connectivity index (χ0) is 19.7. The highest BCUT2D eigenvalue weighted by atomic mass is 32.2. The molecular formula is C20H22N4O3S. The molecule has 0 bridgehead atoms. The molecule has 0 atom stereocenters. The largest absolute Gasteiger partial charge is 0.494 e. The molecule has 4 rings (SSSR count). The number of aryl methyl sites for hydroxylation is 1. The van der Waals surface area contributed by atoms with Crippen molar-refractivity contribution in [3.8, 4) is 5.75 Å². The summed E-state index contributed by atoms with van der Waals surface area (Å²) < 4.78 is 8.72. The highest BCUT2D eigenvalue weighted by Crippen LogP contribution is 2.33. The van der Waals surface area contributed by atoms with Crippen molar-refractivity contribution in [2.75, 3.05) is 23.9 Å². The maximum absolute atomic E-state index is 12.6. The standard InChI is InChI=1S/C20H22N4O3S/c1-23-7-3-4-14(20(23)26)19(25)22-16-12-24-11-15(13-5-8-28-9-6-13)21-18(24)10-17(16)27-2/h3-4,7,10-13H,5-6,8-9H2,1-2H3,(H,22,25). The lowest BCUT2D eigenvalue weighted by Crippen LogP contribution is -2.27. The Morgan fingerprint density at radius 2 is 2.11 bits per heavy atom. The Morgan fingerprint density at radius 3 is 2.86 bits per heavy atom. The average Bonchev–Trinajstić information content (AvgIpc) is 3.13. The van der Waals surface area contributed by atoms with Gasteiger partial charge in [-0.2, -0.15) is 11.8 Å². The van der Waals surface area contributed by atoms with Crippen molar-refractivity contribution >= 4 is 29.0 Å². The summed E-state index contributed by atoms with van der Waals surface area (Å²) >= 11 is 1.99. The molecule has 0 spiro atoms. The van der Waals surface area contributed by atoms with Gasteiger partial charge in [-0.1, -0.05) is 0 Å². The lowest BCUT2D eigenvalue weighted by Gasteiger charge is -2.18. The van der Waals surface area contributed by atoms with Gasteiger partial charge in [-0.3, -0.25) is 9.59 Å². The minimum atomic E-state index is -0.469. The van der Waals surface area contributed by atoms with Crippen molar-refractivity contribution in [1.82, 2.24) is 14.0 Å². The Balaban J connectivity index is 1.67. The Hall–Kier alpha value is -2.74. The first-order chi connectivity index (χ1) is 13.6. The molecule has 8 heteroatoms. The first kappa shape index (κ1) is 18.6. The predicted octanol–water partition coefficient (Wildman–Crippen LogP) is 2.90. The summed E-state index contributed by atoms with van der Waals surface area (Å²) in [5.41, 5.74) is 2.08. The van der Waals surface area contributed by atoms with Crippen molar-refractivity contribution < 1.29 is 9.53 Å². The Labute approximate surface area is 166 Å². The molecule has 3 aromatic rings. The smallest absolute Gasteiger partial charge is 0.263 e. The monoisotopic (exact) mass is 398 g/mol. The summed E-state index contributed by atoms with van der Waals surface area (Å²) in [5.74, 6) is 2.83. The summed E-state index contributed by atoms with van der Waals surface area (Å²) in [6.07, 6.45) is 7.68. The number of aromatic nitrogens is 3. The van der Waals surface area contributed by atoms with Crippen LogP contribution in [0.25, 0.3) is 5.65 Å². The molecule has 0 aromatic carbocycles. The summed E-state index contributed by atoms with van der Waals surface area (Å²) in [6.45, 7) is 0. The van der Waals surface area contributed by atoms with E-state index in [4.69, 9.17) is 9.72 Å². The third kappa shape index (κ3) is 3.52. The van der Waals surface area contributed by atoms with E-state index in [1.165, 1.54) is 10.6 Å². The van der Waals surface area contributed by atoms with Crippen LogP contribution in [0.15, 0.2) is 41.6 Å². The zero-order valence-corrected chi connectivity index (χ0v) is 16.7. The molecule has 0 saturated carbocycles. The van der Waals surface area contributed by atoms with E-state index in [0.717, 1.165) is 35.7 Å². The van der Waals surface area contributed by atoms with E-state index >= 15 is 0 Å². The van der Waals surface area contributed by atoms with Crippen LogP contribution in [-0.4, -0.2) is 38.5 Å². The number of carbonyl (C=O) groups excluding carboxylic acids is 1. The van der Waals surface area contributed by atoms with Crippen LogP contribution in [0.2, 0.25) is 0 Å². The van der Waals surface area contributed by atoms with Crippen LogP contribution >= 0.6 is 11.8 Å². The first-order valence-electron chi connectivity index (χ1n) is 9.18. The van der Waals surface area contributed by atoms with Crippen molar-refractivity contribution in [2.24, 2.45) is 7.05 Å². The van der Waals surface area contributed by atoms with Gasteiger partial charge in [0.1, 0.15) is 22.6 Å². The molecule has 4 heterocycles. The van der Waals surface area contributed by atoms with Gasteiger partial charge in [-0.15, -0.1) is 0 Å². The van der Waals surface area contributed by atoms with Gasteiger partial charge in [0, 0.05) is 37.6 Å². The second kappa shape index (κ2) is 7.71. The Morgan fingerprint density at radius 1 is 1.32 bits per heavy atom. The maximum atomic E-state index is 12.6. The summed E-state index contributed by atoms with van der Waals surface area (Å²) in [6, 6.07) is 4.99. The van der Waals surface area contributed by atoms with Crippen LogP contribution < -0.4 is 15.6 Å². The molecule has 1 aliphatic rings. The highest BCUT2D eigenvalue weighted by Gasteiger charge is 2.20. The SMILES string of the molecule is COc1cc2nc(C3CCSCC3)cn2cc1NC(=O)c1cccn(C)c1=O. The number of methoxy groups -OCH3 is 1. The van der Waals surface area contributed by atoms with E-state index in [0.29, 0.717) is 17.4 Å². The lowest BCUT2D eigenvalue weighted by molar-refractivity contribution is 0.102. The molecule has 0 aliphatic carbocycles. The zero-order valence-electron chi connectivity index (χ0n) is 15.8. The van der Waals surface area contributed by atoms with Crippen LogP contribution in [0.4, 0.5) is 5.69 Å². The number of hydrogen-bond donors (Lipinski definition) is 1. The molecule has 3 aromatic heterocycles. The molecule has 0 unspecified atom stereocenters. The number of pyridine rings is 2. The maximum Gasteiger partial charge on any atom is 0.263 e. The fourth-order valence-electron chi connectivity index (χ4n) is 3.45. The van der Waals surface area contributed by atoms with E-state index in [2.05, 4.69) is 5.32 Å². The number of ether oxygens (including phenoxy) is 1. The quantitative estimate of drug-likeness (QED) is 0.731. The van der Waals surface area contributed by atoms with E-state index < -0.39 is 5.91 Å². The molecular weight excluding hydrogens is 376 g/mol. The number of fused-ring (bicyclic) bond motifs is 1. The number of amides is 1. The molecule has 1 saturated heterocycles. The molecule has 1 aliphatic heterocycles. The minimum Gasteiger partial charge on any atom is -0.494 e. The minimum absolute atomic E-state index is 0.0816. The lowest BCUT2D eigenvalue weighted by atomic mass is 10.00. The van der Waals surface area contributed by atoms with Gasteiger partial charge in [0.25, 0.3) is 11.5 Å². The van der Waals surface area contributed by atoms with E-state index in [1.807, 2.05) is 22.4 Å². The van der Waals surface area contributed by atoms with E-state index in [9.17, 15) is 9.59 Å². The molecule has 1 amide bonds. The normalized spacial score (nSPS) is 14.9. The number of nitrogens with one attached hydrogen (secondary N) is 1. The van der Waals surface area contributed by atoms with Gasteiger partial charge in [-0.05, 0) is 36.5 Å². The van der Waals surface area contributed by atoms with Crippen LogP contribution in [0.1, 0.15) is 34.8 Å². The van der Waals surface area contributed by atoms with E-state index in [-0.39, 0.29) is 11.1 Å². The second-order valence-electron chi connectivity index (χ2n) is 6.87. The van der Waals surface area contributed by atoms with Gasteiger partial charge in [-0.25, -0.2) is 4.98 Å². The van der Waals surface area contributed by atoms with E-state index in [1.54, 1.807) is 38.7 Å². The molecule has 7 nitrogen and oxygen atoms in total. The summed E-state index contributed by atoms with van der Waals surface area (Å²) in [4.78, 5) is 29.6. The topological polar surface area (TPSA) is 77.6 Å². The number of carbonyl (C=O) groups is 1. The molecule has 1 N–H and O–H groups in total. The molecule has 146 valence electrons. The fraction of sp³-hybridized carbons (Fsp3) is 0.350. The number of imidazole rings is 1. The third-order valence-electron chi connectivity index (χ3n) is 5.05. The Bertz CT molecular complexity index is 1080. The van der Waals surface area contributed by atoms with Gasteiger partial charge in [0.05, 0.1) is 12.8 Å². The summed E-state index contributed by atoms with van der Waals surface area (Å²) in [7, 11) is 3.16. The number of thioether (sulfide) groups is 1. The van der Waals surface area contributed by atoms with Gasteiger partial charge < -0.3 is 19.0 Å². The molecule has 28 heavy (non-hydrogen) atoms. The first-order valence-corrected chi connectivity index (χ1v) is 10.3. The average molecular weight is 398 g/mol. The van der Waals surface area contributed by atoms with Gasteiger partial charge >= 0.3 is 0 Å². The van der Waals surface area contributed by atoms with Crippen molar-refractivity contribution in [1.29, 1.82) is 0 Å². The number of rotatable bonds is 4. The van der Waals surface area contributed by atoms with Crippen molar-refractivity contribution in [3.05, 3.63) is 58.4 Å². The van der Waals surface area contributed by atoms with Crippen molar-refractivity contribution in [3.63, 3.8) is 0 Å². The van der Waals surface area contributed by atoms with Crippen LogP contribution in [0, 0.1) is 0 Å². The molecule has 0 radical (unpaired) electrons. The van der Waals surface area contributed by atoms with Crippen LogP contribution in [-0.2, 0) is 7.05 Å². The van der Waals surface area contributed by atoms with Crippen LogP contribution in [0.5, 0.6) is 5.75 Å². The highest BCUT2D eigenvalue weighted by molar-refractivity contribution is 7.99. The van der Waals surface area contributed by atoms with Crippen LogP contribution in [0.3, 0.4) is 0 Å². The predicted molar refractivity (Wildman–Crippen MR) is 111 cm³/mol. The summed E-state index contributed by atoms with van der Waals surface area (Å²) in [5, 5.41) is 2.80. The van der Waals surface area contributed by atoms with Gasteiger partial charge in [0.2, 0.25) is 0 Å². The second-order valence-corrected chi connectivity index (χ2v) is 8.09. The Kier molecular flexibility index (Phi) is 5.13.